The number of amides is 2. The zero-order valence-electron chi connectivity index (χ0n) is 20.5. The second-order valence-corrected chi connectivity index (χ2v) is 9.24. The van der Waals surface area contributed by atoms with Gasteiger partial charge in [0.25, 0.3) is 0 Å². The fourth-order valence-corrected chi connectivity index (χ4v) is 4.75. The number of hydrogen-bond acceptors (Lipinski definition) is 4. The van der Waals surface area contributed by atoms with Gasteiger partial charge in [0.05, 0.1) is 24.0 Å². The van der Waals surface area contributed by atoms with E-state index in [0.717, 1.165) is 36.6 Å². The molecule has 1 aliphatic heterocycles. The van der Waals surface area contributed by atoms with E-state index in [1.165, 1.54) is 5.56 Å². The van der Waals surface area contributed by atoms with E-state index in [9.17, 15) is 4.79 Å². The van der Waals surface area contributed by atoms with Crippen molar-refractivity contribution in [1.82, 2.24) is 20.0 Å². The molecular formula is C27H35N5O2. The van der Waals surface area contributed by atoms with E-state index in [0.29, 0.717) is 12.4 Å². The van der Waals surface area contributed by atoms with Gasteiger partial charge in [-0.25, -0.2) is 9.48 Å². The minimum atomic E-state index is -0.213. The van der Waals surface area contributed by atoms with Crippen LogP contribution >= 0.6 is 0 Å². The summed E-state index contributed by atoms with van der Waals surface area (Å²) in [6.07, 6.45) is 0. The number of likely N-dealkylation sites (tertiary alicyclic amines) is 1. The van der Waals surface area contributed by atoms with E-state index in [2.05, 4.69) is 53.6 Å². The second-order valence-electron chi connectivity index (χ2n) is 9.24. The molecule has 0 spiro atoms. The number of para-hydroxylation sites is 1. The summed E-state index contributed by atoms with van der Waals surface area (Å²) in [6.45, 7) is 9.44. The first-order chi connectivity index (χ1) is 16.5. The molecule has 1 aromatic heterocycles. The van der Waals surface area contributed by atoms with Crippen LogP contribution in [0.4, 0.5) is 10.6 Å². The van der Waals surface area contributed by atoms with Gasteiger partial charge >= 0.3 is 6.03 Å². The molecule has 34 heavy (non-hydrogen) atoms. The zero-order chi connectivity index (χ0) is 24.1. The monoisotopic (exact) mass is 461 g/mol. The highest BCUT2D eigenvalue weighted by atomic mass is 16.5. The first-order valence-corrected chi connectivity index (χ1v) is 12.0. The highest BCUT2D eigenvalue weighted by molar-refractivity contribution is 5.90. The van der Waals surface area contributed by atoms with Gasteiger partial charge in [0.1, 0.15) is 5.82 Å². The maximum atomic E-state index is 13.3. The molecule has 0 aliphatic carbocycles. The van der Waals surface area contributed by atoms with E-state index in [-0.39, 0.29) is 23.9 Å². The van der Waals surface area contributed by atoms with Crippen LogP contribution in [-0.2, 0) is 4.74 Å². The first-order valence-electron chi connectivity index (χ1n) is 12.0. The number of nitrogens with one attached hydrogen (secondary N) is 2. The van der Waals surface area contributed by atoms with Gasteiger partial charge in [-0.3, -0.25) is 10.2 Å². The first kappa shape index (κ1) is 24.0. The maximum Gasteiger partial charge on any atom is 0.320 e. The summed E-state index contributed by atoms with van der Waals surface area (Å²) in [5.74, 6) is 1.17. The number of rotatable bonds is 8. The molecule has 2 heterocycles. The van der Waals surface area contributed by atoms with Crippen molar-refractivity contribution >= 4 is 11.8 Å². The maximum absolute atomic E-state index is 13.3. The predicted molar refractivity (Wildman–Crippen MR) is 136 cm³/mol. The van der Waals surface area contributed by atoms with E-state index in [4.69, 9.17) is 9.84 Å². The Hall–Kier alpha value is -3.16. The Labute approximate surface area is 202 Å². The van der Waals surface area contributed by atoms with Crippen LogP contribution < -0.4 is 10.6 Å². The zero-order valence-corrected chi connectivity index (χ0v) is 20.5. The number of anilines is 1. The number of carbonyl (C=O) groups is 1. The summed E-state index contributed by atoms with van der Waals surface area (Å²) in [5, 5.41) is 11.2. The summed E-state index contributed by atoms with van der Waals surface area (Å²) in [4.78, 5) is 15.6. The third-order valence-corrected chi connectivity index (χ3v) is 6.49. The molecule has 4 rings (SSSR count). The number of aromatic nitrogens is 2. The molecule has 1 aliphatic rings. The summed E-state index contributed by atoms with van der Waals surface area (Å²) in [5.41, 5.74) is 4.12. The number of carbonyl (C=O) groups excluding carboxylic acids is 1. The molecule has 0 unspecified atom stereocenters. The number of methoxy groups -OCH3 is 1. The second kappa shape index (κ2) is 10.8. The summed E-state index contributed by atoms with van der Waals surface area (Å²) in [6, 6.07) is 20.1. The van der Waals surface area contributed by atoms with Gasteiger partial charge in [-0.05, 0) is 30.5 Å². The van der Waals surface area contributed by atoms with Crippen molar-refractivity contribution in [3.8, 4) is 5.69 Å². The summed E-state index contributed by atoms with van der Waals surface area (Å²) < 4.78 is 7.11. The molecule has 7 heteroatoms. The van der Waals surface area contributed by atoms with Crippen molar-refractivity contribution in [1.29, 1.82) is 0 Å². The van der Waals surface area contributed by atoms with Crippen LogP contribution in [0.25, 0.3) is 5.69 Å². The van der Waals surface area contributed by atoms with E-state index >= 15 is 0 Å². The minimum absolute atomic E-state index is 0.00257. The Morgan fingerprint density at radius 1 is 1.09 bits per heavy atom. The average molecular weight is 462 g/mol. The molecule has 0 saturated carbocycles. The normalized spacial score (nSPS) is 18.4. The molecule has 180 valence electrons. The third kappa shape index (κ3) is 5.32. The lowest BCUT2D eigenvalue weighted by molar-refractivity contribution is 0.159. The Balaban J connectivity index is 1.55. The Bertz CT molecular complexity index is 1080. The van der Waals surface area contributed by atoms with Crippen molar-refractivity contribution in [2.75, 3.05) is 38.7 Å². The Morgan fingerprint density at radius 2 is 1.76 bits per heavy atom. The molecular weight excluding hydrogens is 426 g/mol. The lowest BCUT2D eigenvalue weighted by Gasteiger charge is -2.21. The molecule has 2 amide bonds. The third-order valence-electron chi connectivity index (χ3n) is 6.49. The van der Waals surface area contributed by atoms with Gasteiger partial charge in [-0.1, -0.05) is 62.4 Å². The van der Waals surface area contributed by atoms with E-state index < -0.39 is 0 Å². The highest BCUT2D eigenvalue weighted by Crippen LogP contribution is 2.29. The molecule has 2 atom stereocenters. The van der Waals surface area contributed by atoms with Gasteiger partial charge < -0.3 is 10.1 Å². The van der Waals surface area contributed by atoms with Crippen LogP contribution in [0.3, 0.4) is 0 Å². The van der Waals surface area contributed by atoms with Crippen LogP contribution in [0.2, 0.25) is 0 Å². The van der Waals surface area contributed by atoms with Crippen molar-refractivity contribution in [3.05, 3.63) is 77.5 Å². The fourth-order valence-electron chi connectivity index (χ4n) is 4.75. The molecule has 2 aromatic carbocycles. The van der Waals surface area contributed by atoms with Gasteiger partial charge in [0.2, 0.25) is 0 Å². The van der Waals surface area contributed by atoms with Crippen molar-refractivity contribution < 1.29 is 9.53 Å². The van der Waals surface area contributed by atoms with E-state index in [1.54, 1.807) is 7.11 Å². The van der Waals surface area contributed by atoms with Crippen LogP contribution in [0.15, 0.2) is 60.7 Å². The van der Waals surface area contributed by atoms with Gasteiger partial charge in [0.15, 0.2) is 0 Å². The number of benzene rings is 2. The predicted octanol–water partition coefficient (Wildman–Crippen LogP) is 4.54. The quantitative estimate of drug-likeness (QED) is 0.517. The van der Waals surface area contributed by atoms with Crippen LogP contribution in [-0.4, -0.2) is 60.1 Å². The standard InChI is InChI=1S/C27H35N5O2/c1-19(2)25-20(3)26(32(30-25)22-13-9-6-10-14-22)29-27(33)28-24-18-31(15-16-34-4)17-23(24)21-11-7-5-8-12-21/h5-14,19,23-24H,15-18H2,1-4H3,(H2,28,29,33)/t23-,24+/m0/s1. The summed E-state index contributed by atoms with van der Waals surface area (Å²) >= 11 is 0. The molecule has 0 bridgehead atoms. The van der Waals surface area contributed by atoms with E-state index in [1.807, 2.05) is 48.0 Å². The largest absolute Gasteiger partial charge is 0.383 e. The topological polar surface area (TPSA) is 71.4 Å². The molecule has 3 aromatic rings. The molecule has 2 N–H and O–H groups in total. The lowest BCUT2D eigenvalue weighted by atomic mass is 9.94. The number of nitrogens with zero attached hydrogens (tertiary/aromatic N) is 3. The number of ether oxygens (including phenoxy) is 1. The van der Waals surface area contributed by atoms with Crippen molar-refractivity contribution in [2.24, 2.45) is 0 Å². The van der Waals surface area contributed by atoms with Gasteiger partial charge in [-0.15, -0.1) is 0 Å². The fraction of sp³-hybridized carbons (Fsp3) is 0.407. The number of urea groups is 1. The smallest absolute Gasteiger partial charge is 0.320 e. The van der Waals surface area contributed by atoms with Crippen LogP contribution in [0.1, 0.15) is 42.5 Å². The number of hydrogen-bond donors (Lipinski definition) is 2. The van der Waals surface area contributed by atoms with Crippen LogP contribution in [0.5, 0.6) is 0 Å². The molecule has 1 fully saturated rings. The van der Waals surface area contributed by atoms with Crippen LogP contribution in [0, 0.1) is 6.92 Å². The van der Waals surface area contributed by atoms with Crippen molar-refractivity contribution in [3.63, 3.8) is 0 Å². The average Bonchev–Trinajstić information content (AvgIpc) is 3.39. The minimum Gasteiger partial charge on any atom is -0.383 e. The Morgan fingerprint density at radius 3 is 2.41 bits per heavy atom. The van der Waals surface area contributed by atoms with Crippen molar-refractivity contribution in [2.45, 2.75) is 38.6 Å². The van der Waals surface area contributed by atoms with Gasteiger partial charge in [-0.2, -0.15) is 5.10 Å². The highest BCUT2D eigenvalue weighted by Gasteiger charge is 2.35. The summed E-state index contributed by atoms with van der Waals surface area (Å²) in [7, 11) is 1.72. The SMILES string of the molecule is COCCN1C[C@@H](NC(=O)Nc2c(C)c(C(C)C)nn2-c2ccccc2)[C@H](c2ccccc2)C1. The van der Waals surface area contributed by atoms with Gasteiger partial charge in [0, 0.05) is 38.2 Å². The molecule has 0 radical (unpaired) electrons. The lowest BCUT2D eigenvalue weighted by Crippen LogP contribution is -2.42. The molecule has 1 saturated heterocycles. The Kier molecular flexibility index (Phi) is 7.65. The molecule has 7 nitrogen and oxygen atoms in total.